The number of carbonyl (C=O) groups excluding carboxylic acids is 2. The maximum absolute atomic E-state index is 14.1. The second kappa shape index (κ2) is 8.67. The Bertz CT molecular complexity index is 1130. The second-order valence-electron chi connectivity index (χ2n) is 7.41. The highest BCUT2D eigenvalue weighted by Crippen LogP contribution is 2.25. The molecular formula is C20H25FN4O5S. The fourth-order valence-corrected chi connectivity index (χ4v) is 5.29. The van der Waals surface area contributed by atoms with E-state index in [4.69, 9.17) is 4.74 Å². The van der Waals surface area contributed by atoms with Crippen LogP contribution in [0.25, 0.3) is 0 Å². The molecule has 0 unspecified atom stereocenters. The number of hydrogen-bond donors (Lipinski definition) is 2. The van der Waals surface area contributed by atoms with E-state index in [0.29, 0.717) is 11.4 Å². The molecule has 168 valence electrons. The monoisotopic (exact) mass is 452 g/mol. The molecular weight excluding hydrogens is 427 g/mol. The van der Waals surface area contributed by atoms with Crippen LogP contribution >= 0.6 is 0 Å². The van der Waals surface area contributed by atoms with E-state index >= 15 is 0 Å². The Morgan fingerprint density at radius 3 is 2.74 bits per heavy atom. The normalized spacial score (nSPS) is 17.3. The molecule has 0 spiro atoms. The second-order valence-corrected chi connectivity index (χ2v) is 9.31. The number of halogens is 1. The summed E-state index contributed by atoms with van der Waals surface area (Å²) in [6, 6.07) is 5.29. The lowest BCUT2D eigenvalue weighted by Gasteiger charge is -2.30. The highest BCUT2D eigenvalue weighted by Gasteiger charge is 2.35. The number of nitrogens with one attached hydrogen (secondary N) is 2. The molecule has 0 bridgehead atoms. The number of hydrogen-bond acceptors (Lipinski definition) is 5. The molecule has 2 N–H and O–H groups in total. The van der Waals surface area contributed by atoms with Gasteiger partial charge in [-0.25, -0.2) is 12.8 Å². The number of sulfonamides is 1. The van der Waals surface area contributed by atoms with E-state index in [2.05, 4.69) is 10.6 Å². The fraction of sp³-hybridized carbons (Fsp3) is 0.400. The SMILES string of the molecule is COc1cccc(F)c1CNC(=O)c1cc(S(=O)(=O)N2CC(=O)N[C@@H](C)C2)c(C)n1C. The molecule has 1 fully saturated rings. The minimum Gasteiger partial charge on any atom is -0.496 e. The number of piperazine rings is 1. The van der Waals surface area contributed by atoms with Gasteiger partial charge in [0.25, 0.3) is 5.91 Å². The van der Waals surface area contributed by atoms with Gasteiger partial charge in [-0.2, -0.15) is 4.31 Å². The zero-order chi connectivity index (χ0) is 22.9. The average Bonchev–Trinajstić information content (AvgIpc) is 3.01. The van der Waals surface area contributed by atoms with Gasteiger partial charge in [0.15, 0.2) is 0 Å². The standard InChI is InChI=1S/C20H25FN4O5S/c1-12-10-25(11-19(26)23-12)31(28,29)18-8-16(24(3)13(18)2)20(27)22-9-14-15(21)6-5-7-17(14)30-4/h5-8,12H,9-11H2,1-4H3,(H,22,27)(H,23,26)/t12-/m0/s1. The molecule has 2 amide bonds. The van der Waals surface area contributed by atoms with E-state index in [-0.39, 0.29) is 47.7 Å². The fourth-order valence-electron chi connectivity index (χ4n) is 3.53. The summed E-state index contributed by atoms with van der Waals surface area (Å²) in [6.45, 7) is 3.02. The first-order valence-corrected chi connectivity index (χ1v) is 11.1. The van der Waals surface area contributed by atoms with Crippen LogP contribution in [-0.4, -0.2) is 55.3 Å². The summed E-state index contributed by atoms with van der Waals surface area (Å²) in [5.41, 5.74) is 0.638. The van der Waals surface area contributed by atoms with E-state index in [1.54, 1.807) is 27.0 Å². The van der Waals surface area contributed by atoms with Gasteiger partial charge in [0.05, 0.1) is 13.7 Å². The molecule has 0 aliphatic carbocycles. The smallest absolute Gasteiger partial charge is 0.268 e. The number of aromatic nitrogens is 1. The van der Waals surface area contributed by atoms with Crippen LogP contribution in [0.5, 0.6) is 5.75 Å². The first kappa shape index (κ1) is 22.8. The minimum absolute atomic E-state index is 0.0504. The zero-order valence-electron chi connectivity index (χ0n) is 17.7. The number of nitrogens with zero attached hydrogens (tertiary/aromatic N) is 2. The van der Waals surface area contributed by atoms with Crippen LogP contribution in [0.4, 0.5) is 4.39 Å². The van der Waals surface area contributed by atoms with Gasteiger partial charge >= 0.3 is 0 Å². The number of rotatable bonds is 6. The number of amides is 2. The Morgan fingerprint density at radius 1 is 1.39 bits per heavy atom. The summed E-state index contributed by atoms with van der Waals surface area (Å²) >= 11 is 0. The van der Waals surface area contributed by atoms with Crippen molar-refractivity contribution in [1.82, 2.24) is 19.5 Å². The summed E-state index contributed by atoms with van der Waals surface area (Å²) in [5, 5.41) is 5.28. The zero-order valence-corrected chi connectivity index (χ0v) is 18.5. The maximum atomic E-state index is 14.1. The van der Waals surface area contributed by atoms with Gasteiger partial charge in [-0.1, -0.05) is 6.07 Å². The molecule has 1 aromatic carbocycles. The maximum Gasteiger partial charge on any atom is 0.268 e. The Kier molecular flexibility index (Phi) is 6.37. The van der Waals surface area contributed by atoms with Crippen molar-refractivity contribution in [2.45, 2.75) is 31.3 Å². The van der Waals surface area contributed by atoms with Gasteiger partial charge < -0.3 is 19.9 Å². The van der Waals surface area contributed by atoms with Crippen LogP contribution in [-0.2, 0) is 28.4 Å². The van der Waals surface area contributed by atoms with Gasteiger partial charge in [-0.3, -0.25) is 9.59 Å². The van der Waals surface area contributed by atoms with Crippen molar-refractivity contribution in [3.63, 3.8) is 0 Å². The van der Waals surface area contributed by atoms with Crippen LogP contribution in [0, 0.1) is 12.7 Å². The lowest BCUT2D eigenvalue weighted by molar-refractivity contribution is -0.123. The topological polar surface area (TPSA) is 110 Å². The number of carbonyl (C=O) groups is 2. The quantitative estimate of drug-likeness (QED) is 0.677. The molecule has 1 saturated heterocycles. The molecule has 3 rings (SSSR count). The highest BCUT2D eigenvalue weighted by atomic mass is 32.2. The minimum atomic E-state index is -3.99. The molecule has 0 radical (unpaired) electrons. The molecule has 0 saturated carbocycles. The number of benzene rings is 1. The highest BCUT2D eigenvalue weighted by molar-refractivity contribution is 7.89. The van der Waals surface area contributed by atoms with Gasteiger partial charge in [0.2, 0.25) is 15.9 Å². The number of methoxy groups -OCH3 is 1. The van der Waals surface area contributed by atoms with Crippen molar-refractivity contribution in [2.75, 3.05) is 20.2 Å². The van der Waals surface area contributed by atoms with Gasteiger partial charge in [0.1, 0.15) is 22.2 Å². The Labute approximate surface area is 180 Å². The molecule has 11 heteroatoms. The van der Waals surface area contributed by atoms with Crippen LogP contribution in [0.1, 0.15) is 28.7 Å². The lowest BCUT2D eigenvalue weighted by Crippen LogP contribution is -2.54. The van der Waals surface area contributed by atoms with Crippen molar-refractivity contribution in [3.8, 4) is 5.75 Å². The molecule has 1 aliphatic rings. The molecule has 2 heterocycles. The Balaban J connectivity index is 1.85. The van der Waals surface area contributed by atoms with E-state index in [1.807, 2.05) is 0 Å². The molecule has 1 atom stereocenters. The van der Waals surface area contributed by atoms with Crippen molar-refractivity contribution in [3.05, 3.63) is 47.0 Å². The van der Waals surface area contributed by atoms with E-state index in [9.17, 15) is 22.4 Å². The van der Waals surface area contributed by atoms with Crippen molar-refractivity contribution in [1.29, 1.82) is 0 Å². The van der Waals surface area contributed by atoms with Gasteiger partial charge in [-0.15, -0.1) is 0 Å². The summed E-state index contributed by atoms with van der Waals surface area (Å²) in [5.74, 6) is -1.18. The van der Waals surface area contributed by atoms with Crippen LogP contribution < -0.4 is 15.4 Å². The van der Waals surface area contributed by atoms with E-state index in [0.717, 1.165) is 4.31 Å². The van der Waals surface area contributed by atoms with Gasteiger partial charge in [0, 0.05) is 37.4 Å². The predicted octanol–water partition coefficient (Wildman–Crippen LogP) is 0.920. The predicted molar refractivity (Wildman–Crippen MR) is 111 cm³/mol. The van der Waals surface area contributed by atoms with E-state index < -0.39 is 21.7 Å². The lowest BCUT2D eigenvalue weighted by atomic mass is 10.2. The van der Waals surface area contributed by atoms with Crippen molar-refractivity contribution >= 4 is 21.8 Å². The summed E-state index contributed by atoms with van der Waals surface area (Å²) in [4.78, 5) is 24.5. The van der Waals surface area contributed by atoms with Crippen LogP contribution in [0.3, 0.4) is 0 Å². The third kappa shape index (κ3) is 4.42. The van der Waals surface area contributed by atoms with Crippen molar-refractivity contribution < 1.29 is 27.1 Å². The molecule has 31 heavy (non-hydrogen) atoms. The van der Waals surface area contributed by atoms with Crippen molar-refractivity contribution in [2.24, 2.45) is 7.05 Å². The van der Waals surface area contributed by atoms with E-state index in [1.165, 1.54) is 29.9 Å². The molecule has 1 aromatic heterocycles. The average molecular weight is 453 g/mol. The molecule has 2 aromatic rings. The first-order valence-electron chi connectivity index (χ1n) is 9.61. The summed E-state index contributed by atoms with van der Waals surface area (Å²) < 4.78 is 48.0. The van der Waals surface area contributed by atoms with Crippen LogP contribution in [0.2, 0.25) is 0 Å². The summed E-state index contributed by atoms with van der Waals surface area (Å²) in [6.07, 6.45) is 0. The summed E-state index contributed by atoms with van der Waals surface area (Å²) in [7, 11) is -1.02. The number of ether oxygens (including phenoxy) is 1. The third-order valence-corrected chi connectivity index (χ3v) is 7.19. The van der Waals surface area contributed by atoms with Crippen LogP contribution in [0.15, 0.2) is 29.2 Å². The largest absolute Gasteiger partial charge is 0.496 e. The molecule has 1 aliphatic heterocycles. The van der Waals surface area contributed by atoms with Gasteiger partial charge in [-0.05, 0) is 32.0 Å². The Morgan fingerprint density at radius 2 is 2.10 bits per heavy atom. The first-order chi connectivity index (χ1) is 14.6. The third-order valence-electron chi connectivity index (χ3n) is 5.27. The Hall–Kier alpha value is -2.92. The molecule has 9 nitrogen and oxygen atoms in total.